The number of nitrogens with zero attached hydrogens (tertiary/aromatic N) is 1. The third-order valence-electron chi connectivity index (χ3n) is 2.68. The van der Waals surface area contributed by atoms with Gasteiger partial charge in [0.2, 0.25) is 5.43 Å². The highest BCUT2D eigenvalue weighted by molar-refractivity contribution is 5.47. The maximum Gasteiger partial charge on any atom is 0.223 e. The maximum absolute atomic E-state index is 11.4. The largest absolute Gasteiger partial charge is 0.503 e. The zero-order chi connectivity index (χ0) is 12.4. The Morgan fingerprint density at radius 3 is 2.39 bits per heavy atom. The summed E-state index contributed by atoms with van der Waals surface area (Å²) in [4.78, 5) is 11.4. The van der Waals surface area contributed by atoms with Gasteiger partial charge < -0.3 is 20.9 Å². The Balaban J connectivity index is 0.00000162. The molecule has 5 nitrogen and oxygen atoms in total. The SMILES string of the molecule is CCc1c(O)c(=O)ccn1-c1ccc(N)cc1.O. The van der Waals surface area contributed by atoms with E-state index in [4.69, 9.17) is 5.73 Å². The Hall–Kier alpha value is -2.27. The summed E-state index contributed by atoms with van der Waals surface area (Å²) in [6, 6.07) is 8.61. The molecule has 0 radical (unpaired) electrons. The summed E-state index contributed by atoms with van der Waals surface area (Å²) >= 11 is 0. The van der Waals surface area contributed by atoms with Gasteiger partial charge in [0.25, 0.3) is 0 Å². The van der Waals surface area contributed by atoms with Gasteiger partial charge in [-0.05, 0) is 30.7 Å². The Morgan fingerprint density at radius 2 is 1.83 bits per heavy atom. The van der Waals surface area contributed by atoms with Gasteiger partial charge in [-0.15, -0.1) is 0 Å². The molecule has 1 aromatic carbocycles. The van der Waals surface area contributed by atoms with Crippen LogP contribution in [0.15, 0.2) is 41.3 Å². The molecule has 2 aromatic rings. The molecule has 0 saturated heterocycles. The second-order valence-corrected chi connectivity index (χ2v) is 3.79. The molecule has 0 aliphatic rings. The fraction of sp³-hybridized carbons (Fsp3) is 0.154. The number of pyridine rings is 1. The van der Waals surface area contributed by atoms with Gasteiger partial charge in [-0.3, -0.25) is 4.79 Å². The lowest BCUT2D eigenvalue weighted by atomic mass is 10.2. The summed E-state index contributed by atoms with van der Waals surface area (Å²) in [7, 11) is 0. The fourth-order valence-electron chi connectivity index (χ4n) is 1.78. The van der Waals surface area contributed by atoms with Crippen molar-refractivity contribution < 1.29 is 10.6 Å². The van der Waals surface area contributed by atoms with Crippen molar-refractivity contribution in [3.8, 4) is 11.4 Å². The number of benzene rings is 1. The van der Waals surface area contributed by atoms with Crippen molar-refractivity contribution in [3.05, 3.63) is 52.4 Å². The summed E-state index contributed by atoms with van der Waals surface area (Å²) in [6.45, 7) is 1.89. The van der Waals surface area contributed by atoms with E-state index in [1.54, 1.807) is 22.9 Å². The molecule has 1 aromatic heterocycles. The highest BCUT2D eigenvalue weighted by Crippen LogP contribution is 2.18. The quantitative estimate of drug-likeness (QED) is 0.771. The van der Waals surface area contributed by atoms with Crippen molar-refractivity contribution in [2.45, 2.75) is 13.3 Å². The summed E-state index contributed by atoms with van der Waals surface area (Å²) in [6.07, 6.45) is 2.23. The highest BCUT2D eigenvalue weighted by atomic mass is 16.3. The van der Waals surface area contributed by atoms with Crippen LogP contribution in [-0.4, -0.2) is 15.1 Å². The number of hydrogen-bond acceptors (Lipinski definition) is 3. The van der Waals surface area contributed by atoms with Crippen LogP contribution < -0.4 is 11.2 Å². The molecule has 0 spiro atoms. The van der Waals surface area contributed by atoms with Crippen molar-refractivity contribution >= 4 is 5.69 Å². The smallest absolute Gasteiger partial charge is 0.223 e. The molecular formula is C13H16N2O3. The summed E-state index contributed by atoms with van der Waals surface area (Å²) in [5.74, 6) is -0.188. The van der Waals surface area contributed by atoms with Crippen molar-refractivity contribution in [1.29, 1.82) is 0 Å². The average molecular weight is 248 g/mol. The minimum Gasteiger partial charge on any atom is -0.503 e. The zero-order valence-electron chi connectivity index (χ0n) is 10.1. The number of nitrogens with two attached hydrogens (primary N) is 1. The number of nitrogen functional groups attached to an aromatic ring is 1. The zero-order valence-corrected chi connectivity index (χ0v) is 10.1. The monoisotopic (exact) mass is 248 g/mol. The molecule has 0 bridgehead atoms. The predicted octanol–water partition coefficient (Wildman–Crippen LogP) is 0.863. The van der Waals surface area contributed by atoms with Gasteiger partial charge >= 0.3 is 0 Å². The van der Waals surface area contributed by atoms with Gasteiger partial charge in [-0.25, -0.2) is 0 Å². The first kappa shape index (κ1) is 13.8. The number of rotatable bonds is 2. The van der Waals surface area contributed by atoms with Gasteiger partial charge in [0.15, 0.2) is 5.75 Å². The van der Waals surface area contributed by atoms with Crippen LogP contribution in [0, 0.1) is 0 Å². The second-order valence-electron chi connectivity index (χ2n) is 3.79. The molecule has 5 heteroatoms. The highest BCUT2D eigenvalue weighted by Gasteiger charge is 2.08. The first-order valence-corrected chi connectivity index (χ1v) is 5.43. The van der Waals surface area contributed by atoms with E-state index in [1.807, 2.05) is 19.1 Å². The van der Waals surface area contributed by atoms with Crippen LogP contribution in [0.25, 0.3) is 5.69 Å². The lowest BCUT2D eigenvalue weighted by Gasteiger charge is -2.13. The molecule has 0 aliphatic heterocycles. The third-order valence-corrected chi connectivity index (χ3v) is 2.68. The number of hydrogen-bond donors (Lipinski definition) is 2. The topological polar surface area (TPSA) is 99.8 Å². The van der Waals surface area contributed by atoms with E-state index in [2.05, 4.69) is 0 Å². The molecule has 5 N–H and O–H groups in total. The summed E-state index contributed by atoms with van der Waals surface area (Å²) in [5, 5.41) is 9.74. The van der Waals surface area contributed by atoms with Crippen molar-refractivity contribution in [2.75, 3.05) is 5.73 Å². The summed E-state index contributed by atoms with van der Waals surface area (Å²) < 4.78 is 1.79. The predicted molar refractivity (Wildman–Crippen MR) is 71.1 cm³/mol. The van der Waals surface area contributed by atoms with Gasteiger partial charge in [-0.2, -0.15) is 0 Å². The molecule has 0 amide bonds. The molecule has 0 unspecified atom stereocenters. The number of aromatic hydroxyl groups is 1. The minimum atomic E-state index is -0.353. The molecular weight excluding hydrogens is 232 g/mol. The van der Waals surface area contributed by atoms with E-state index in [-0.39, 0.29) is 16.7 Å². The van der Waals surface area contributed by atoms with E-state index in [0.717, 1.165) is 5.69 Å². The third kappa shape index (κ3) is 2.36. The number of aromatic nitrogens is 1. The van der Waals surface area contributed by atoms with E-state index in [0.29, 0.717) is 17.8 Å². The van der Waals surface area contributed by atoms with Crippen molar-refractivity contribution in [1.82, 2.24) is 4.57 Å². The van der Waals surface area contributed by atoms with Crippen LogP contribution in [-0.2, 0) is 6.42 Å². The second kappa shape index (κ2) is 5.37. The van der Waals surface area contributed by atoms with Gasteiger partial charge in [0, 0.05) is 23.6 Å². The first-order valence-electron chi connectivity index (χ1n) is 5.43. The maximum atomic E-state index is 11.4. The Bertz CT molecular complexity index is 588. The van der Waals surface area contributed by atoms with Crippen LogP contribution in [0.4, 0.5) is 5.69 Å². The molecule has 1 heterocycles. The molecule has 18 heavy (non-hydrogen) atoms. The Morgan fingerprint density at radius 1 is 1.22 bits per heavy atom. The lowest BCUT2D eigenvalue weighted by molar-refractivity contribution is 0.456. The van der Waals surface area contributed by atoms with Crippen LogP contribution >= 0.6 is 0 Å². The Kier molecular flexibility index (Phi) is 4.12. The molecule has 0 atom stereocenters. The molecule has 2 rings (SSSR count). The fourth-order valence-corrected chi connectivity index (χ4v) is 1.78. The lowest BCUT2D eigenvalue weighted by Crippen LogP contribution is -2.10. The van der Waals surface area contributed by atoms with Gasteiger partial charge in [0.1, 0.15) is 0 Å². The van der Waals surface area contributed by atoms with Crippen LogP contribution in [0.1, 0.15) is 12.6 Å². The van der Waals surface area contributed by atoms with Gasteiger partial charge in [-0.1, -0.05) is 6.92 Å². The van der Waals surface area contributed by atoms with Crippen LogP contribution in [0.2, 0.25) is 0 Å². The van der Waals surface area contributed by atoms with E-state index in [1.165, 1.54) is 6.07 Å². The van der Waals surface area contributed by atoms with Gasteiger partial charge in [0.05, 0.1) is 5.69 Å². The van der Waals surface area contributed by atoms with E-state index >= 15 is 0 Å². The molecule has 0 fully saturated rings. The molecule has 96 valence electrons. The van der Waals surface area contributed by atoms with Crippen LogP contribution in [0.3, 0.4) is 0 Å². The van der Waals surface area contributed by atoms with Crippen LogP contribution in [0.5, 0.6) is 5.75 Å². The number of anilines is 1. The molecule has 0 saturated carbocycles. The average Bonchev–Trinajstić information content (AvgIpc) is 2.34. The molecule has 0 aliphatic carbocycles. The van der Waals surface area contributed by atoms with Crippen molar-refractivity contribution in [3.63, 3.8) is 0 Å². The summed E-state index contributed by atoms with van der Waals surface area (Å²) in [5.41, 5.74) is 7.41. The van der Waals surface area contributed by atoms with Crippen molar-refractivity contribution in [2.24, 2.45) is 0 Å². The minimum absolute atomic E-state index is 0. The first-order chi connectivity index (χ1) is 8.13. The van der Waals surface area contributed by atoms with E-state index < -0.39 is 0 Å². The standard InChI is InChI=1S/C13H14N2O2.H2O/c1-2-11-13(17)12(16)7-8-15(11)10-5-3-9(14)4-6-10;/h3-8,17H,2,14H2,1H3;1H2. The normalized spacial score (nSPS) is 9.83. The van der Waals surface area contributed by atoms with E-state index in [9.17, 15) is 9.90 Å². The Labute approximate surface area is 104 Å².